The summed E-state index contributed by atoms with van der Waals surface area (Å²) in [5.74, 6) is 1.17. The fourth-order valence-electron chi connectivity index (χ4n) is 1.98. The minimum atomic E-state index is 0.867. The summed E-state index contributed by atoms with van der Waals surface area (Å²) in [6.07, 6.45) is 2.66. The predicted molar refractivity (Wildman–Crippen MR) is 68.4 cm³/mol. The molecule has 15 heavy (non-hydrogen) atoms. The van der Waals surface area contributed by atoms with Gasteiger partial charge in [0.25, 0.3) is 0 Å². The standard InChI is InChI=1S/C13H19NS/c1-11-3-2-4-12(9-11)10-15-13-5-7-14-8-6-13/h2-4,9,13-14H,5-8,10H2,1H3. The highest BCUT2D eigenvalue weighted by Crippen LogP contribution is 2.24. The van der Waals surface area contributed by atoms with Gasteiger partial charge in [-0.1, -0.05) is 29.8 Å². The molecular formula is C13H19NS. The van der Waals surface area contributed by atoms with Gasteiger partial charge < -0.3 is 5.32 Å². The maximum atomic E-state index is 3.41. The van der Waals surface area contributed by atoms with Crippen LogP contribution in [0.2, 0.25) is 0 Å². The molecule has 82 valence electrons. The molecule has 0 bridgehead atoms. The summed E-state index contributed by atoms with van der Waals surface area (Å²) in [4.78, 5) is 0. The maximum absolute atomic E-state index is 3.41. The van der Waals surface area contributed by atoms with E-state index in [0.29, 0.717) is 0 Å². The van der Waals surface area contributed by atoms with E-state index in [1.807, 2.05) is 0 Å². The van der Waals surface area contributed by atoms with Gasteiger partial charge in [0.05, 0.1) is 0 Å². The molecule has 0 aromatic heterocycles. The van der Waals surface area contributed by atoms with Gasteiger partial charge in [0.15, 0.2) is 0 Å². The van der Waals surface area contributed by atoms with Crippen molar-refractivity contribution in [3.8, 4) is 0 Å². The Hall–Kier alpha value is -0.470. The second-order valence-electron chi connectivity index (χ2n) is 4.25. The van der Waals surface area contributed by atoms with Gasteiger partial charge in [-0.2, -0.15) is 11.8 Å². The number of nitrogens with one attached hydrogen (secondary N) is 1. The quantitative estimate of drug-likeness (QED) is 0.842. The van der Waals surface area contributed by atoms with Gasteiger partial charge in [0.2, 0.25) is 0 Å². The molecule has 0 saturated carbocycles. The Morgan fingerprint density at radius 2 is 2.13 bits per heavy atom. The Balaban J connectivity index is 1.81. The predicted octanol–water partition coefficient (Wildman–Crippen LogP) is 2.98. The number of hydrogen-bond acceptors (Lipinski definition) is 2. The van der Waals surface area contributed by atoms with E-state index >= 15 is 0 Å². The number of aryl methyl sites for hydroxylation is 1. The van der Waals surface area contributed by atoms with Crippen molar-refractivity contribution in [2.45, 2.75) is 30.8 Å². The van der Waals surface area contributed by atoms with Crippen LogP contribution in [0.4, 0.5) is 0 Å². The van der Waals surface area contributed by atoms with Crippen molar-refractivity contribution in [2.75, 3.05) is 13.1 Å². The number of piperidine rings is 1. The smallest absolute Gasteiger partial charge is 0.0187 e. The van der Waals surface area contributed by atoms with Crippen molar-refractivity contribution in [2.24, 2.45) is 0 Å². The Morgan fingerprint density at radius 1 is 1.33 bits per heavy atom. The molecule has 1 fully saturated rings. The lowest BCUT2D eigenvalue weighted by atomic mass is 10.2. The molecule has 1 N–H and O–H groups in total. The molecule has 1 aromatic carbocycles. The third-order valence-electron chi connectivity index (χ3n) is 2.85. The highest BCUT2D eigenvalue weighted by atomic mass is 32.2. The summed E-state index contributed by atoms with van der Waals surface area (Å²) in [7, 11) is 0. The van der Waals surface area contributed by atoms with E-state index in [9.17, 15) is 0 Å². The third-order valence-corrected chi connectivity index (χ3v) is 4.30. The second kappa shape index (κ2) is 5.57. The average Bonchev–Trinajstić information content (AvgIpc) is 2.28. The van der Waals surface area contributed by atoms with Crippen LogP contribution < -0.4 is 5.32 Å². The normalized spacial score (nSPS) is 17.9. The average molecular weight is 221 g/mol. The largest absolute Gasteiger partial charge is 0.317 e. The van der Waals surface area contributed by atoms with Crippen LogP contribution in [0.1, 0.15) is 24.0 Å². The van der Waals surface area contributed by atoms with E-state index in [0.717, 1.165) is 5.25 Å². The van der Waals surface area contributed by atoms with E-state index in [1.54, 1.807) is 0 Å². The Kier molecular flexibility index (Phi) is 4.09. The van der Waals surface area contributed by atoms with Crippen molar-refractivity contribution in [3.63, 3.8) is 0 Å². The van der Waals surface area contributed by atoms with Crippen LogP contribution in [0.15, 0.2) is 24.3 Å². The van der Waals surface area contributed by atoms with Crippen LogP contribution >= 0.6 is 11.8 Å². The first-order valence-electron chi connectivity index (χ1n) is 5.72. The molecule has 1 heterocycles. The van der Waals surface area contributed by atoms with Crippen LogP contribution in [-0.2, 0) is 5.75 Å². The van der Waals surface area contributed by atoms with Gasteiger partial charge in [0, 0.05) is 11.0 Å². The molecular weight excluding hydrogens is 202 g/mol. The van der Waals surface area contributed by atoms with E-state index in [2.05, 4.69) is 48.3 Å². The molecule has 0 unspecified atom stereocenters. The summed E-state index contributed by atoms with van der Waals surface area (Å²) in [5, 5.41) is 4.28. The Labute approximate surface area is 96.7 Å². The fraction of sp³-hybridized carbons (Fsp3) is 0.538. The first-order chi connectivity index (χ1) is 7.34. The summed E-state index contributed by atoms with van der Waals surface area (Å²) in [6.45, 7) is 4.57. The van der Waals surface area contributed by atoms with Crippen molar-refractivity contribution in [3.05, 3.63) is 35.4 Å². The van der Waals surface area contributed by atoms with Crippen LogP contribution in [0.5, 0.6) is 0 Å². The zero-order valence-corrected chi connectivity index (χ0v) is 10.1. The van der Waals surface area contributed by atoms with Gasteiger partial charge >= 0.3 is 0 Å². The molecule has 1 aromatic rings. The van der Waals surface area contributed by atoms with Crippen molar-refractivity contribution >= 4 is 11.8 Å². The summed E-state index contributed by atoms with van der Waals surface area (Å²) in [6, 6.07) is 8.86. The third kappa shape index (κ3) is 3.54. The molecule has 0 atom stereocenters. The summed E-state index contributed by atoms with van der Waals surface area (Å²) < 4.78 is 0. The monoisotopic (exact) mass is 221 g/mol. The van der Waals surface area contributed by atoms with E-state index in [-0.39, 0.29) is 0 Å². The first-order valence-corrected chi connectivity index (χ1v) is 6.77. The van der Waals surface area contributed by atoms with Gasteiger partial charge in [-0.25, -0.2) is 0 Å². The number of hydrogen-bond donors (Lipinski definition) is 1. The maximum Gasteiger partial charge on any atom is 0.0187 e. The Bertz CT molecular complexity index is 305. The molecule has 1 aliphatic heterocycles. The topological polar surface area (TPSA) is 12.0 Å². The molecule has 1 saturated heterocycles. The molecule has 2 heteroatoms. The lowest BCUT2D eigenvalue weighted by molar-refractivity contribution is 0.531. The molecule has 2 rings (SSSR count). The zero-order valence-electron chi connectivity index (χ0n) is 9.33. The Morgan fingerprint density at radius 3 is 2.87 bits per heavy atom. The van der Waals surface area contributed by atoms with Gasteiger partial charge in [0.1, 0.15) is 0 Å². The number of rotatable bonds is 3. The number of thioether (sulfide) groups is 1. The molecule has 0 radical (unpaired) electrons. The molecule has 0 spiro atoms. The molecule has 0 amide bonds. The summed E-state index contributed by atoms with van der Waals surface area (Å²) >= 11 is 2.12. The highest BCUT2D eigenvalue weighted by molar-refractivity contribution is 7.99. The van der Waals surface area contributed by atoms with Crippen molar-refractivity contribution in [1.82, 2.24) is 5.32 Å². The van der Waals surface area contributed by atoms with Crippen LogP contribution in [0.3, 0.4) is 0 Å². The van der Waals surface area contributed by atoms with Gasteiger partial charge in [-0.3, -0.25) is 0 Å². The van der Waals surface area contributed by atoms with Gasteiger partial charge in [-0.05, 0) is 38.4 Å². The van der Waals surface area contributed by atoms with Gasteiger partial charge in [-0.15, -0.1) is 0 Å². The highest BCUT2D eigenvalue weighted by Gasteiger charge is 2.12. The summed E-state index contributed by atoms with van der Waals surface area (Å²) in [5.41, 5.74) is 2.84. The van der Waals surface area contributed by atoms with Crippen LogP contribution in [-0.4, -0.2) is 18.3 Å². The van der Waals surface area contributed by atoms with Crippen LogP contribution in [0, 0.1) is 6.92 Å². The second-order valence-corrected chi connectivity index (χ2v) is 5.54. The first kappa shape index (κ1) is 11.0. The lowest BCUT2D eigenvalue weighted by Gasteiger charge is -2.22. The minimum absolute atomic E-state index is 0.867. The number of benzene rings is 1. The lowest BCUT2D eigenvalue weighted by Crippen LogP contribution is -2.29. The fourth-order valence-corrected chi connectivity index (χ4v) is 3.15. The van der Waals surface area contributed by atoms with E-state index in [4.69, 9.17) is 0 Å². The molecule has 1 nitrogen and oxygen atoms in total. The molecule has 1 aliphatic rings. The van der Waals surface area contributed by atoms with Crippen LogP contribution in [0.25, 0.3) is 0 Å². The van der Waals surface area contributed by atoms with Crippen molar-refractivity contribution in [1.29, 1.82) is 0 Å². The van der Waals surface area contributed by atoms with E-state index in [1.165, 1.54) is 42.8 Å². The SMILES string of the molecule is Cc1cccc(CSC2CCNCC2)c1. The zero-order chi connectivity index (χ0) is 10.5. The van der Waals surface area contributed by atoms with Crippen molar-refractivity contribution < 1.29 is 0 Å². The molecule has 0 aliphatic carbocycles. The van der Waals surface area contributed by atoms with E-state index < -0.39 is 0 Å². The minimum Gasteiger partial charge on any atom is -0.317 e.